The third kappa shape index (κ3) is 10.3. The second-order valence-electron chi connectivity index (χ2n) is 4.82. The fraction of sp³-hybridized carbons (Fsp3) is 0.562. The lowest BCUT2D eigenvalue weighted by Gasteiger charge is -2.17. The van der Waals surface area contributed by atoms with Crippen molar-refractivity contribution in [2.45, 2.75) is 26.4 Å². The number of aliphatic imine (C=N–C) groups is 1. The summed E-state index contributed by atoms with van der Waals surface area (Å²) in [6, 6.07) is 6.13. The Morgan fingerprint density at radius 3 is 2.78 bits per heavy atom. The van der Waals surface area contributed by atoms with Crippen LogP contribution in [0.25, 0.3) is 0 Å². The van der Waals surface area contributed by atoms with Crippen molar-refractivity contribution in [2.75, 3.05) is 33.4 Å². The van der Waals surface area contributed by atoms with E-state index in [1.54, 1.807) is 19.2 Å². The average molecular weight is 439 g/mol. The molecule has 1 rings (SSSR count). The van der Waals surface area contributed by atoms with Crippen LogP contribution in [0, 0.1) is 5.82 Å². The number of hydrogen-bond acceptors (Lipinski definition) is 3. The second kappa shape index (κ2) is 13.4. The van der Waals surface area contributed by atoms with Crippen molar-refractivity contribution in [1.82, 2.24) is 10.6 Å². The molecule has 0 saturated heterocycles. The van der Waals surface area contributed by atoms with Gasteiger partial charge in [0.1, 0.15) is 17.7 Å². The predicted octanol–water partition coefficient (Wildman–Crippen LogP) is 2.80. The summed E-state index contributed by atoms with van der Waals surface area (Å²) in [5, 5.41) is 6.37. The molecule has 132 valence electrons. The molecule has 0 radical (unpaired) electrons. The lowest BCUT2D eigenvalue weighted by molar-refractivity contribution is 0.145. The number of halogens is 2. The first kappa shape index (κ1) is 21.9. The van der Waals surface area contributed by atoms with E-state index >= 15 is 0 Å². The van der Waals surface area contributed by atoms with Gasteiger partial charge in [0, 0.05) is 32.9 Å². The maximum Gasteiger partial charge on any atom is 0.191 e. The van der Waals surface area contributed by atoms with Crippen LogP contribution in [0.3, 0.4) is 0 Å². The lowest BCUT2D eigenvalue weighted by Crippen LogP contribution is -2.42. The average Bonchev–Trinajstić information content (AvgIpc) is 2.50. The first-order valence-electron chi connectivity index (χ1n) is 7.60. The molecule has 1 aromatic carbocycles. The van der Waals surface area contributed by atoms with Crippen LogP contribution in [-0.4, -0.2) is 45.4 Å². The minimum absolute atomic E-state index is 0. The molecule has 0 aliphatic carbocycles. The minimum atomic E-state index is -0.301. The Bertz CT molecular complexity index is 461. The van der Waals surface area contributed by atoms with E-state index in [1.807, 2.05) is 13.8 Å². The Morgan fingerprint density at radius 1 is 1.35 bits per heavy atom. The topological polar surface area (TPSA) is 54.9 Å². The van der Waals surface area contributed by atoms with Crippen LogP contribution >= 0.6 is 24.0 Å². The molecule has 1 aromatic rings. The molecular weight excluding hydrogens is 412 g/mol. The zero-order valence-electron chi connectivity index (χ0n) is 14.0. The molecule has 23 heavy (non-hydrogen) atoms. The quantitative estimate of drug-likeness (QED) is 0.269. The monoisotopic (exact) mass is 439 g/mol. The van der Waals surface area contributed by atoms with Gasteiger partial charge in [0.05, 0.1) is 6.54 Å². The van der Waals surface area contributed by atoms with Gasteiger partial charge in [-0.3, -0.25) is 4.99 Å². The smallest absolute Gasteiger partial charge is 0.191 e. The molecule has 2 N–H and O–H groups in total. The van der Waals surface area contributed by atoms with E-state index in [9.17, 15) is 4.39 Å². The van der Waals surface area contributed by atoms with Gasteiger partial charge in [0.25, 0.3) is 0 Å². The molecular formula is C16H27FIN3O2. The maximum absolute atomic E-state index is 13.1. The van der Waals surface area contributed by atoms with Crippen LogP contribution in [0.2, 0.25) is 0 Å². The number of guanidine groups is 1. The van der Waals surface area contributed by atoms with Crippen molar-refractivity contribution >= 4 is 29.9 Å². The van der Waals surface area contributed by atoms with E-state index in [2.05, 4.69) is 15.6 Å². The van der Waals surface area contributed by atoms with Crippen molar-refractivity contribution < 1.29 is 13.9 Å². The van der Waals surface area contributed by atoms with Gasteiger partial charge in [-0.2, -0.15) is 0 Å². The fourth-order valence-corrected chi connectivity index (χ4v) is 1.80. The van der Waals surface area contributed by atoms with E-state index in [4.69, 9.17) is 9.47 Å². The summed E-state index contributed by atoms with van der Waals surface area (Å²) in [5.41, 5.74) is 0. The van der Waals surface area contributed by atoms with Crippen LogP contribution in [0.5, 0.6) is 5.75 Å². The molecule has 0 aromatic heterocycles. The molecule has 1 unspecified atom stereocenters. The first-order chi connectivity index (χ1) is 10.7. The third-order valence-electron chi connectivity index (χ3n) is 2.88. The van der Waals surface area contributed by atoms with Crippen LogP contribution in [0.15, 0.2) is 29.3 Å². The van der Waals surface area contributed by atoms with Gasteiger partial charge in [-0.05, 0) is 32.4 Å². The van der Waals surface area contributed by atoms with E-state index in [-0.39, 0.29) is 35.9 Å². The number of nitrogens with one attached hydrogen (secondary N) is 2. The van der Waals surface area contributed by atoms with Crippen LogP contribution in [-0.2, 0) is 4.74 Å². The van der Waals surface area contributed by atoms with Crippen molar-refractivity contribution in [3.63, 3.8) is 0 Å². The summed E-state index contributed by atoms with van der Waals surface area (Å²) in [6.45, 7) is 6.73. The SMILES string of the molecule is CCOCCCNC(=NC)NCC(C)Oc1cccc(F)c1.I. The van der Waals surface area contributed by atoms with Crippen LogP contribution < -0.4 is 15.4 Å². The van der Waals surface area contributed by atoms with Gasteiger partial charge in [-0.1, -0.05) is 6.07 Å². The molecule has 0 heterocycles. The highest BCUT2D eigenvalue weighted by molar-refractivity contribution is 14.0. The minimum Gasteiger partial charge on any atom is -0.489 e. The van der Waals surface area contributed by atoms with Crippen molar-refractivity contribution in [3.8, 4) is 5.75 Å². The zero-order valence-corrected chi connectivity index (χ0v) is 16.3. The molecule has 0 fully saturated rings. The molecule has 1 atom stereocenters. The number of rotatable bonds is 9. The van der Waals surface area contributed by atoms with Crippen molar-refractivity contribution in [3.05, 3.63) is 30.1 Å². The standard InChI is InChI=1S/C16H26FN3O2.HI/c1-4-21-10-6-9-19-16(18-3)20-12-13(2)22-15-8-5-7-14(17)11-15;/h5,7-8,11,13H,4,6,9-10,12H2,1-3H3,(H2,18,19,20);1H. The summed E-state index contributed by atoms with van der Waals surface area (Å²) >= 11 is 0. The van der Waals surface area contributed by atoms with E-state index < -0.39 is 0 Å². The molecule has 0 bridgehead atoms. The van der Waals surface area contributed by atoms with E-state index in [1.165, 1.54) is 12.1 Å². The Morgan fingerprint density at radius 2 is 2.13 bits per heavy atom. The second-order valence-corrected chi connectivity index (χ2v) is 4.82. The van der Waals surface area contributed by atoms with Crippen LogP contribution in [0.1, 0.15) is 20.3 Å². The van der Waals surface area contributed by atoms with E-state index in [0.717, 1.165) is 26.2 Å². The summed E-state index contributed by atoms with van der Waals surface area (Å²) in [6.07, 6.45) is 0.813. The summed E-state index contributed by atoms with van der Waals surface area (Å²) in [7, 11) is 1.72. The summed E-state index contributed by atoms with van der Waals surface area (Å²) in [4.78, 5) is 4.14. The number of ether oxygens (including phenoxy) is 2. The molecule has 7 heteroatoms. The lowest BCUT2D eigenvalue weighted by atomic mass is 10.3. The van der Waals surface area contributed by atoms with Gasteiger partial charge in [0.2, 0.25) is 0 Å². The van der Waals surface area contributed by atoms with Crippen LogP contribution in [0.4, 0.5) is 4.39 Å². The third-order valence-corrected chi connectivity index (χ3v) is 2.88. The summed E-state index contributed by atoms with van der Waals surface area (Å²) in [5.74, 6) is 0.935. The predicted molar refractivity (Wildman–Crippen MR) is 102 cm³/mol. The normalized spacial score (nSPS) is 12.3. The van der Waals surface area contributed by atoms with Gasteiger partial charge in [-0.15, -0.1) is 24.0 Å². The highest BCUT2D eigenvalue weighted by Gasteiger charge is 2.06. The highest BCUT2D eigenvalue weighted by atomic mass is 127. The molecule has 0 aliphatic heterocycles. The van der Waals surface area contributed by atoms with Gasteiger partial charge < -0.3 is 20.1 Å². The number of nitrogens with zero attached hydrogens (tertiary/aromatic N) is 1. The Labute approximate surface area is 155 Å². The van der Waals surface area contributed by atoms with Crippen molar-refractivity contribution in [2.24, 2.45) is 4.99 Å². The Balaban J connectivity index is 0.00000484. The maximum atomic E-state index is 13.1. The van der Waals surface area contributed by atoms with Gasteiger partial charge in [-0.25, -0.2) is 4.39 Å². The fourth-order valence-electron chi connectivity index (χ4n) is 1.80. The highest BCUT2D eigenvalue weighted by Crippen LogP contribution is 2.13. The molecule has 0 aliphatic rings. The Hall–Kier alpha value is -1.09. The summed E-state index contributed by atoms with van der Waals surface area (Å²) < 4.78 is 24.0. The number of benzene rings is 1. The number of hydrogen-bond donors (Lipinski definition) is 2. The Kier molecular flexibility index (Phi) is 12.7. The van der Waals surface area contributed by atoms with E-state index in [0.29, 0.717) is 18.3 Å². The molecule has 5 nitrogen and oxygen atoms in total. The van der Waals surface area contributed by atoms with Gasteiger partial charge >= 0.3 is 0 Å². The molecule has 0 spiro atoms. The van der Waals surface area contributed by atoms with Crippen molar-refractivity contribution in [1.29, 1.82) is 0 Å². The molecule has 0 saturated carbocycles. The van der Waals surface area contributed by atoms with Gasteiger partial charge in [0.15, 0.2) is 5.96 Å². The zero-order chi connectivity index (χ0) is 16.2. The first-order valence-corrected chi connectivity index (χ1v) is 7.60. The largest absolute Gasteiger partial charge is 0.489 e. The molecule has 0 amide bonds.